The molecule has 0 aromatic carbocycles. The summed E-state index contributed by atoms with van der Waals surface area (Å²) >= 11 is 0. The Morgan fingerprint density at radius 2 is 2.04 bits per heavy atom. The summed E-state index contributed by atoms with van der Waals surface area (Å²) in [6, 6.07) is 3.33. The molecule has 2 heterocycles. The fourth-order valence-corrected chi connectivity index (χ4v) is 2.30. The van der Waals surface area contributed by atoms with Crippen molar-refractivity contribution in [2.75, 3.05) is 19.5 Å². The van der Waals surface area contributed by atoms with E-state index in [0.717, 1.165) is 0 Å². The molecule has 1 amide bonds. The summed E-state index contributed by atoms with van der Waals surface area (Å²) in [7, 11) is 2.83. The molecular formula is C16H19N3O4. The van der Waals surface area contributed by atoms with Gasteiger partial charge in [-0.15, -0.1) is 0 Å². The third-order valence-corrected chi connectivity index (χ3v) is 3.50. The second-order valence-electron chi connectivity index (χ2n) is 4.87. The molecule has 2 N–H and O–H groups in total. The second kappa shape index (κ2) is 6.95. The van der Waals surface area contributed by atoms with Crippen LogP contribution in [-0.2, 0) is 11.2 Å². The van der Waals surface area contributed by atoms with Gasteiger partial charge in [-0.1, -0.05) is 6.92 Å². The zero-order chi connectivity index (χ0) is 17.0. The van der Waals surface area contributed by atoms with Crippen molar-refractivity contribution in [1.29, 1.82) is 0 Å². The lowest BCUT2D eigenvalue weighted by molar-refractivity contribution is 0.0599. The number of ether oxygens (including phenoxy) is 2. The monoisotopic (exact) mass is 317 g/mol. The van der Waals surface area contributed by atoms with Crippen molar-refractivity contribution >= 4 is 17.6 Å². The van der Waals surface area contributed by atoms with Crippen molar-refractivity contribution in [2.45, 2.75) is 20.3 Å². The van der Waals surface area contributed by atoms with Crippen molar-refractivity contribution < 1.29 is 19.1 Å². The summed E-state index contributed by atoms with van der Waals surface area (Å²) in [5, 5.41) is 2.73. The van der Waals surface area contributed by atoms with E-state index < -0.39 is 5.97 Å². The average Bonchev–Trinajstić information content (AvgIpc) is 2.91. The van der Waals surface area contributed by atoms with Gasteiger partial charge in [-0.25, -0.2) is 9.78 Å². The number of esters is 1. The van der Waals surface area contributed by atoms with Crippen LogP contribution in [0.15, 0.2) is 18.3 Å². The maximum atomic E-state index is 12.4. The van der Waals surface area contributed by atoms with E-state index in [9.17, 15) is 9.59 Å². The highest BCUT2D eigenvalue weighted by atomic mass is 16.5. The Hall–Kier alpha value is -2.83. The Bertz CT molecular complexity index is 720. The van der Waals surface area contributed by atoms with Crippen molar-refractivity contribution in [3.63, 3.8) is 0 Å². The summed E-state index contributed by atoms with van der Waals surface area (Å²) in [5.41, 5.74) is 2.51. The number of aryl methyl sites for hydroxylation is 1. The number of aromatic amines is 1. The van der Waals surface area contributed by atoms with Crippen LogP contribution in [0.2, 0.25) is 0 Å². The minimum atomic E-state index is -0.458. The van der Waals surface area contributed by atoms with Crippen LogP contribution in [0.25, 0.3) is 0 Å². The van der Waals surface area contributed by atoms with Crippen LogP contribution >= 0.6 is 0 Å². The van der Waals surface area contributed by atoms with Gasteiger partial charge in [0.1, 0.15) is 5.69 Å². The molecule has 2 rings (SSSR count). The van der Waals surface area contributed by atoms with Crippen LogP contribution in [0.4, 0.5) is 5.69 Å². The fourth-order valence-electron chi connectivity index (χ4n) is 2.30. The van der Waals surface area contributed by atoms with Gasteiger partial charge in [0.2, 0.25) is 5.88 Å². The molecule has 0 aliphatic carbocycles. The molecule has 0 unspecified atom stereocenters. The number of carbonyl (C=O) groups is 2. The Labute approximate surface area is 134 Å². The van der Waals surface area contributed by atoms with Gasteiger partial charge in [0.15, 0.2) is 0 Å². The molecule has 2 aromatic heterocycles. The SMILES string of the molecule is CCc1[nH]c(C(=O)Nc2ccc(OC)nc2)c(C)c1C(=O)OC. The Balaban J connectivity index is 2.28. The summed E-state index contributed by atoms with van der Waals surface area (Å²) in [6.45, 7) is 3.61. The van der Waals surface area contributed by atoms with Gasteiger partial charge in [0, 0.05) is 11.8 Å². The number of aromatic nitrogens is 2. The zero-order valence-electron chi connectivity index (χ0n) is 13.5. The minimum Gasteiger partial charge on any atom is -0.481 e. The summed E-state index contributed by atoms with van der Waals surface area (Å²) in [5.74, 6) is -0.347. The number of nitrogens with one attached hydrogen (secondary N) is 2. The van der Waals surface area contributed by atoms with Crippen molar-refractivity contribution in [1.82, 2.24) is 9.97 Å². The first kappa shape index (κ1) is 16.5. The number of rotatable bonds is 5. The highest BCUT2D eigenvalue weighted by Gasteiger charge is 2.23. The lowest BCUT2D eigenvalue weighted by Gasteiger charge is -2.05. The number of nitrogens with zero attached hydrogens (tertiary/aromatic N) is 1. The molecule has 2 aromatic rings. The molecule has 0 saturated heterocycles. The Kier molecular flexibility index (Phi) is 5.00. The van der Waals surface area contributed by atoms with E-state index >= 15 is 0 Å². The standard InChI is InChI=1S/C16H19N3O4/c1-5-11-13(16(21)23-4)9(2)14(19-11)15(20)18-10-6-7-12(22-3)17-8-10/h6-8,19H,5H2,1-4H3,(H,18,20). The van der Waals surface area contributed by atoms with Crippen molar-refractivity contribution in [3.05, 3.63) is 40.8 Å². The van der Waals surface area contributed by atoms with Crippen LogP contribution < -0.4 is 10.1 Å². The first-order valence-electron chi connectivity index (χ1n) is 7.12. The Morgan fingerprint density at radius 3 is 2.57 bits per heavy atom. The van der Waals surface area contributed by atoms with Crippen molar-refractivity contribution in [3.8, 4) is 5.88 Å². The van der Waals surface area contributed by atoms with Gasteiger partial charge in [-0.2, -0.15) is 0 Å². The van der Waals surface area contributed by atoms with Crippen LogP contribution in [0.3, 0.4) is 0 Å². The van der Waals surface area contributed by atoms with Crippen LogP contribution in [-0.4, -0.2) is 36.1 Å². The highest BCUT2D eigenvalue weighted by molar-refractivity contribution is 6.06. The summed E-state index contributed by atoms with van der Waals surface area (Å²) in [4.78, 5) is 31.3. The molecule has 0 fully saturated rings. The van der Waals surface area contributed by atoms with E-state index in [1.54, 1.807) is 19.1 Å². The molecule has 0 saturated carbocycles. The normalized spacial score (nSPS) is 10.3. The number of anilines is 1. The van der Waals surface area contributed by atoms with E-state index in [1.165, 1.54) is 20.4 Å². The van der Waals surface area contributed by atoms with E-state index in [0.29, 0.717) is 40.5 Å². The average molecular weight is 317 g/mol. The number of pyridine rings is 1. The summed E-state index contributed by atoms with van der Waals surface area (Å²) < 4.78 is 9.75. The van der Waals surface area contributed by atoms with Gasteiger partial charge in [-0.3, -0.25) is 4.79 Å². The van der Waals surface area contributed by atoms with E-state index in [-0.39, 0.29) is 5.91 Å². The zero-order valence-corrected chi connectivity index (χ0v) is 13.5. The number of amides is 1. The topological polar surface area (TPSA) is 93.3 Å². The van der Waals surface area contributed by atoms with E-state index in [1.807, 2.05) is 6.92 Å². The smallest absolute Gasteiger partial charge is 0.339 e. The quantitative estimate of drug-likeness (QED) is 0.826. The first-order chi connectivity index (χ1) is 11.0. The van der Waals surface area contributed by atoms with Crippen LogP contribution in [0.5, 0.6) is 5.88 Å². The third-order valence-electron chi connectivity index (χ3n) is 3.50. The van der Waals surface area contributed by atoms with Gasteiger partial charge in [0.25, 0.3) is 5.91 Å². The number of carbonyl (C=O) groups excluding carboxylic acids is 2. The molecule has 0 radical (unpaired) electrons. The van der Waals surface area contributed by atoms with E-state index in [4.69, 9.17) is 9.47 Å². The second-order valence-corrected chi connectivity index (χ2v) is 4.87. The van der Waals surface area contributed by atoms with E-state index in [2.05, 4.69) is 15.3 Å². The van der Waals surface area contributed by atoms with Gasteiger partial charge in [0.05, 0.1) is 31.7 Å². The number of H-pyrrole nitrogens is 1. The largest absolute Gasteiger partial charge is 0.481 e. The molecule has 7 nitrogen and oxygen atoms in total. The van der Waals surface area contributed by atoms with Gasteiger partial charge >= 0.3 is 5.97 Å². The lowest BCUT2D eigenvalue weighted by atomic mass is 10.1. The molecule has 0 aliphatic heterocycles. The molecule has 0 spiro atoms. The van der Waals surface area contributed by atoms with Gasteiger partial charge < -0.3 is 19.8 Å². The molecule has 0 bridgehead atoms. The lowest BCUT2D eigenvalue weighted by Crippen LogP contribution is -2.14. The fraction of sp³-hybridized carbons (Fsp3) is 0.312. The highest BCUT2D eigenvalue weighted by Crippen LogP contribution is 2.21. The predicted octanol–water partition coefficient (Wildman–Crippen LogP) is 2.33. The van der Waals surface area contributed by atoms with Crippen LogP contribution in [0, 0.1) is 6.92 Å². The first-order valence-corrected chi connectivity index (χ1v) is 7.12. The van der Waals surface area contributed by atoms with Crippen LogP contribution in [0.1, 0.15) is 39.0 Å². The molecule has 122 valence electrons. The maximum absolute atomic E-state index is 12.4. The van der Waals surface area contributed by atoms with Crippen molar-refractivity contribution in [2.24, 2.45) is 0 Å². The summed E-state index contributed by atoms with van der Waals surface area (Å²) in [6.07, 6.45) is 2.08. The maximum Gasteiger partial charge on any atom is 0.339 e. The molecule has 7 heteroatoms. The molecule has 0 atom stereocenters. The van der Waals surface area contributed by atoms with Gasteiger partial charge in [-0.05, 0) is 25.0 Å². The predicted molar refractivity (Wildman–Crippen MR) is 85.0 cm³/mol. The molecule has 23 heavy (non-hydrogen) atoms. The number of hydrogen-bond acceptors (Lipinski definition) is 5. The number of hydrogen-bond donors (Lipinski definition) is 2. The molecular weight excluding hydrogens is 298 g/mol. The minimum absolute atomic E-state index is 0.332. The third kappa shape index (κ3) is 3.33. The Morgan fingerprint density at radius 1 is 1.30 bits per heavy atom. The molecule has 0 aliphatic rings. The number of methoxy groups -OCH3 is 2.